The van der Waals surface area contributed by atoms with Gasteiger partial charge >= 0.3 is 11.9 Å². The second kappa shape index (κ2) is 10.3. The number of hydrogen-bond acceptors (Lipinski definition) is 5. The number of esters is 2. The molecule has 0 aliphatic carbocycles. The Morgan fingerprint density at radius 3 is 2.10 bits per heavy atom. The Bertz CT molecular complexity index is 1070. The summed E-state index contributed by atoms with van der Waals surface area (Å²) in [5, 5.41) is 0. The maximum atomic E-state index is 12.7. The van der Waals surface area contributed by atoms with E-state index >= 15 is 0 Å². The molecular formula is C26H24O5. The summed E-state index contributed by atoms with van der Waals surface area (Å²) in [6, 6.07) is 21.5. The van der Waals surface area contributed by atoms with Crippen molar-refractivity contribution >= 4 is 17.7 Å². The van der Waals surface area contributed by atoms with Crippen molar-refractivity contribution < 1.29 is 23.9 Å². The minimum Gasteiger partial charge on any atom is -0.461 e. The van der Waals surface area contributed by atoms with Crippen LogP contribution in [-0.4, -0.2) is 17.7 Å². The van der Waals surface area contributed by atoms with Gasteiger partial charge in [0.25, 0.3) is 0 Å². The van der Waals surface area contributed by atoms with E-state index in [1.807, 2.05) is 36.4 Å². The molecule has 0 saturated carbocycles. The number of aryl methyl sites for hydroxylation is 1. The largest absolute Gasteiger partial charge is 0.461 e. The minimum absolute atomic E-state index is 0.00466. The lowest BCUT2D eigenvalue weighted by Crippen LogP contribution is -2.15. The summed E-state index contributed by atoms with van der Waals surface area (Å²) in [5.74, 6) is -0.740. The van der Waals surface area contributed by atoms with E-state index in [2.05, 4.69) is 0 Å². The van der Waals surface area contributed by atoms with Crippen LogP contribution in [0, 0.1) is 13.8 Å². The third-order valence-corrected chi connectivity index (χ3v) is 4.93. The van der Waals surface area contributed by atoms with Crippen molar-refractivity contribution in [1.82, 2.24) is 0 Å². The summed E-state index contributed by atoms with van der Waals surface area (Å²) in [7, 11) is 0. The highest BCUT2D eigenvalue weighted by molar-refractivity contribution is 6.03. The van der Waals surface area contributed by atoms with Crippen molar-refractivity contribution in [1.29, 1.82) is 0 Å². The molecule has 0 saturated heterocycles. The Balaban J connectivity index is 1.64. The molecular weight excluding hydrogens is 392 g/mol. The number of benzene rings is 3. The molecule has 5 nitrogen and oxygen atoms in total. The van der Waals surface area contributed by atoms with Gasteiger partial charge in [-0.15, -0.1) is 0 Å². The van der Waals surface area contributed by atoms with Crippen LogP contribution in [0.15, 0.2) is 72.8 Å². The molecule has 0 aliphatic rings. The number of ether oxygens (including phenoxy) is 2. The van der Waals surface area contributed by atoms with Gasteiger partial charge in [0, 0.05) is 12.0 Å². The van der Waals surface area contributed by atoms with Crippen LogP contribution in [0.2, 0.25) is 0 Å². The molecule has 0 amide bonds. The fraction of sp³-hybridized carbons (Fsp3) is 0.192. The number of para-hydroxylation sites is 1. The molecule has 3 rings (SSSR count). The van der Waals surface area contributed by atoms with Crippen molar-refractivity contribution in [2.24, 2.45) is 0 Å². The second-order valence-corrected chi connectivity index (χ2v) is 7.20. The summed E-state index contributed by atoms with van der Waals surface area (Å²) >= 11 is 0. The molecule has 0 fully saturated rings. The molecule has 158 valence electrons. The first-order valence-corrected chi connectivity index (χ1v) is 10.1. The quantitative estimate of drug-likeness (QED) is 0.286. The van der Waals surface area contributed by atoms with Crippen LogP contribution >= 0.6 is 0 Å². The van der Waals surface area contributed by atoms with Gasteiger partial charge < -0.3 is 9.47 Å². The van der Waals surface area contributed by atoms with E-state index in [-0.39, 0.29) is 25.2 Å². The van der Waals surface area contributed by atoms with E-state index in [1.165, 1.54) is 0 Å². The Morgan fingerprint density at radius 1 is 0.774 bits per heavy atom. The first kappa shape index (κ1) is 22.0. The zero-order valence-electron chi connectivity index (χ0n) is 17.6. The molecule has 0 aliphatic heterocycles. The van der Waals surface area contributed by atoms with E-state index in [0.717, 1.165) is 11.1 Å². The van der Waals surface area contributed by atoms with Crippen molar-refractivity contribution in [3.63, 3.8) is 0 Å². The van der Waals surface area contributed by atoms with Crippen LogP contribution in [0.5, 0.6) is 5.75 Å². The third kappa shape index (κ3) is 5.89. The van der Waals surface area contributed by atoms with E-state index in [1.54, 1.807) is 50.2 Å². The average Bonchev–Trinajstić information content (AvgIpc) is 2.77. The van der Waals surface area contributed by atoms with Gasteiger partial charge in [0.2, 0.25) is 0 Å². The van der Waals surface area contributed by atoms with E-state index in [0.29, 0.717) is 22.4 Å². The minimum atomic E-state index is -0.516. The van der Waals surface area contributed by atoms with Gasteiger partial charge in [0.05, 0.1) is 12.0 Å². The summed E-state index contributed by atoms with van der Waals surface area (Å²) in [5.41, 5.74) is 2.92. The SMILES string of the molecule is Cc1ccc(C(=O)CCC(=O)OCc2ccccc2)c(C)c1C(=O)Oc1ccccc1. The highest BCUT2D eigenvalue weighted by Crippen LogP contribution is 2.22. The molecule has 5 heteroatoms. The van der Waals surface area contributed by atoms with Crippen LogP contribution in [-0.2, 0) is 16.1 Å². The standard InChI is InChI=1S/C26H24O5/c1-18-13-14-22(19(2)25(18)26(29)31-21-11-7-4-8-12-21)23(27)15-16-24(28)30-17-20-9-5-3-6-10-20/h3-14H,15-17H2,1-2H3. The maximum absolute atomic E-state index is 12.7. The number of hydrogen-bond donors (Lipinski definition) is 0. The van der Waals surface area contributed by atoms with Crippen molar-refractivity contribution in [2.45, 2.75) is 33.3 Å². The summed E-state index contributed by atoms with van der Waals surface area (Å²) in [6.07, 6.45) is -0.0204. The van der Waals surface area contributed by atoms with E-state index in [4.69, 9.17) is 9.47 Å². The number of carbonyl (C=O) groups is 3. The zero-order valence-corrected chi connectivity index (χ0v) is 17.6. The Kier molecular flexibility index (Phi) is 7.33. The normalized spacial score (nSPS) is 10.4. The highest BCUT2D eigenvalue weighted by atomic mass is 16.5. The van der Waals surface area contributed by atoms with Gasteiger partial charge in [-0.25, -0.2) is 4.79 Å². The van der Waals surface area contributed by atoms with Crippen LogP contribution in [0.4, 0.5) is 0 Å². The first-order valence-electron chi connectivity index (χ1n) is 10.1. The van der Waals surface area contributed by atoms with Crippen LogP contribution in [0.25, 0.3) is 0 Å². The van der Waals surface area contributed by atoms with Gasteiger partial charge in [0.15, 0.2) is 5.78 Å². The zero-order chi connectivity index (χ0) is 22.2. The van der Waals surface area contributed by atoms with E-state index in [9.17, 15) is 14.4 Å². The molecule has 0 bridgehead atoms. The Labute approximate surface area is 181 Å². The van der Waals surface area contributed by atoms with E-state index < -0.39 is 11.9 Å². The molecule has 31 heavy (non-hydrogen) atoms. The second-order valence-electron chi connectivity index (χ2n) is 7.20. The number of carbonyl (C=O) groups excluding carboxylic acids is 3. The maximum Gasteiger partial charge on any atom is 0.344 e. The van der Waals surface area contributed by atoms with Crippen molar-refractivity contribution in [3.8, 4) is 5.75 Å². The Morgan fingerprint density at radius 2 is 1.42 bits per heavy atom. The van der Waals surface area contributed by atoms with Crippen LogP contribution < -0.4 is 4.74 Å². The fourth-order valence-electron chi connectivity index (χ4n) is 3.27. The molecule has 0 unspecified atom stereocenters. The van der Waals surface area contributed by atoms with Gasteiger partial charge in [0.1, 0.15) is 12.4 Å². The monoisotopic (exact) mass is 416 g/mol. The molecule has 0 spiro atoms. The van der Waals surface area contributed by atoms with Crippen LogP contribution in [0.1, 0.15) is 50.2 Å². The molecule has 0 atom stereocenters. The number of rotatable bonds is 8. The lowest BCUT2D eigenvalue weighted by molar-refractivity contribution is -0.144. The molecule has 0 N–H and O–H groups in total. The first-order chi connectivity index (χ1) is 15.0. The average molecular weight is 416 g/mol. The van der Waals surface area contributed by atoms with Gasteiger partial charge in [-0.3, -0.25) is 9.59 Å². The predicted octanol–water partition coefficient (Wildman–Crippen LogP) is 5.23. The summed E-state index contributed by atoms with van der Waals surface area (Å²) < 4.78 is 10.7. The molecule has 0 heterocycles. The lowest BCUT2D eigenvalue weighted by atomic mass is 9.94. The molecule has 0 radical (unpaired) electrons. The van der Waals surface area contributed by atoms with Crippen LogP contribution in [0.3, 0.4) is 0 Å². The molecule has 0 aromatic heterocycles. The van der Waals surface area contributed by atoms with Gasteiger partial charge in [-0.2, -0.15) is 0 Å². The topological polar surface area (TPSA) is 69.7 Å². The summed E-state index contributed by atoms with van der Waals surface area (Å²) in [4.78, 5) is 37.5. The Hall–Kier alpha value is -3.73. The third-order valence-electron chi connectivity index (χ3n) is 4.93. The number of Topliss-reactive ketones (excluding diaryl/α,β-unsaturated/α-hetero) is 1. The van der Waals surface area contributed by atoms with Crippen molar-refractivity contribution in [3.05, 3.63) is 101 Å². The fourth-order valence-corrected chi connectivity index (χ4v) is 3.27. The molecule has 3 aromatic carbocycles. The highest BCUT2D eigenvalue weighted by Gasteiger charge is 2.21. The van der Waals surface area contributed by atoms with Gasteiger partial charge in [-0.1, -0.05) is 60.7 Å². The van der Waals surface area contributed by atoms with Crippen molar-refractivity contribution in [2.75, 3.05) is 0 Å². The van der Waals surface area contributed by atoms with Gasteiger partial charge in [-0.05, 0) is 42.7 Å². The smallest absolute Gasteiger partial charge is 0.344 e. The summed E-state index contributed by atoms with van der Waals surface area (Å²) in [6.45, 7) is 3.69. The molecule has 3 aromatic rings. The lowest BCUT2D eigenvalue weighted by Gasteiger charge is -2.13. The number of ketones is 1. The predicted molar refractivity (Wildman–Crippen MR) is 117 cm³/mol.